The van der Waals surface area contributed by atoms with Crippen molar-refractivity contribution in [2.24, 2.45) is 5.92 Å². The summed E-state index contributed by atoms with van der Waals surface area (Å²) in [6.45, 7) is 5.69. The highest BCUT2D eigenvalue weighted by Gasteiger charge is 2.31. The SMILES string of the molecule is Cc1cnc(OC[C@H]2CCn3nccc3CN2CC2CC2)nc1. The van der Waals surface area contributed by atoms with Crippen molar-refractivity contribution in [3.05, 3.63) is 35.9 Å². The summed E-state index contributed by atoms with van der Waals surface area (Å²) >= 11 is 0. The molecule has 0 unspecified atom stereocenters. The molecule has 6 heteroatoms. The van der Waals surface area contributed by atoms with Crippen LogP contribution in [0.5, 0.6) is 6.01 Å². The first-order valence-corrected chi connectivity index (χ1v) is 8.44. The quantitative estimate of drug-likeness (QED) is 0.845. The number of hydrogen-bond donors (Lipinski definition) is 0. The third kappa shape index (κ3) is 3.52. The number of hydrogen-bond acceptors (Lipinski definition) is 5. The highest BCUT2D eigenvalue weighted by atomic mass is 16.5. The Morgan fingerprint density at radius 3 is 2.83 bits per heavy atom. The molecule has 0 N–H and O–H groups in total. The average molecular weight is 313 g/mol. The van der Waals surface area contributed by atoms with Gasteiger partial charge in [0.1, 0.15) is 6.61 Å². The maximum atomic E-state index is 5.87. The summed E-state index contributed by atoms with van der Waals surface area (Å²) in [4.78, 5) is 11.1. The Kier molecular flexibility index (Phi) is 3.99. The second-order valence-electron chi connectivity index (χ2n) is 6.71. The molecule has 122 valence electrons. The summed E-state index contributed by atoms with van der Waals surface area (Å²) in [5.74, 6) is 0.864. The summed E-state index contributed by atoms with van der Waals surface area (Å²) in [5, 5.41) is 4.43. The van der Waals surface area contributed by atoms with Crippen LogP contribution in [0.15, 0.2) is 24.7 Å². The first kappa shape index (κ1) is 14.6. The second kappa shape index (κ2) is 6.28. The molecule has 1 aliphatic heterocycles. The molecule has 0 spiro atoms. The van der Waals surface area contributed by atoms with E-state index in [0.717, 1.165) is 37.5 Å². The van der Waals surface area contributed by atoms with E-state index in [4.69, 9.17) is 4.74 Å². The number of nitrogens with zero attached hydrogens (tertiary/aromatic N) is 5. The van der Waals surface area contributed by atoms with E-state index in [1.54, 1.807) is 12.4 Å². The van der Waals surface area contributed by atoms with Crippen LogP contribution in [0, 0.1) is 12.8 Å². The Balaban J connectivity index is 1.44. The van der Waals surface area contributed by atoms with E-state index >= 15 is 0 Å². The highest BCUT2D eigenvalue weighted by molar-refractivity contribution is 5.05. The summed E-state index contributed by atoms with van der Waals surface area (Å²) in [6, 6.07) is 3.00. The standard InChI is InChI=1S/C17H23N5O/c1-13-8-18-17(19-9-13)23-12-16-5-7-22-15(4-6-20-22)11-21(16)10-14-2-3-14/h4,6,8-9,14,16H,2-3,5,7,10-12H2,1H3/t16-/m1/s1. The Bertz CT molecular complexity index is 649. The van der Waals surface area contributed by atoms with Crippen molar-refractivity contribution in [3.63, 3.8) is 0 Å². The van der Waals surface area contributed by atoms with E-state index in [2.05, 4.69) is 30.7 Å². The molecule has 2 aromatic heterocycles. The maximum Gasteiger partial charge on any atom is 0.316 e. The van der Waals surface area contributed by atoms with Gasteiger partial charge in [-0.2, -0.15) is 5.10 Å². The van der Waals surface area contributed by atoms with Gasteiger partial charge in [0.05, 0.1) is 5.69 Å². The Morgan fingerprint density at radius 1 is 1.22 bits per heavy atom. The molecular weight excluding hydrogens is 290 g/mol. The van der Waals surface area contributed by atoms with E-state index in [0.29, 0.717) is 18.7 Å². The number of rotatable bonds is 5. The van der Waals surface area contributed by atoms with Gasteiger partial charge in [0.25, 0.3) is 0 Å². The smallest absolute Gasteiger partial charge is 0.316 e. The van der Waals surface area contributed by atoms with Crippen LogP contribution in [0.25, 0.3) is 0 Å². The van der Waals surface area contributed by atoms with E-state index in [1.807, 2.05) is 13.1 Å². The molecule has 2 aromatic rings. The highest BCUT2D eigenvalue weighted by Crippen LogP contribution is 2.32. The molecule has 0 radical (unpaired) electrons. The third-order valence-corrected chi connectivity index (χ3v) is 4.71. The van der Waals surface area contributed by atoms with Gasteiger partial charge < -0.3 is 4.74 Å². The summed E-state index contributed by atoms with van der Waals surface area (Å²) in [7, 11) is 0. The second-order valence-corrected chi connectivity index (χ2v) is 6.71. The topological polar surface area (TPSA) is 56.1 Å². The number of fused-ring (bicyclic) bond motifs is 1. The van der Waals surface area contributed by atoms with E-state index in [-0.39, 0.29) is 0 Å². The fraction of sp³-hybridized carbons (Fsp3) is 0.588. The summed E-state index contributed by atoms with van der Waals surface area (Å²) in [5.41, 5.74) is 2.35. The number of aryl methyl sites for hydroxylation is 2. The van der Waals surface area contributed by atoms with Crippen LogP contribution < -0.4 is 4.74 Å². The Labute approximate surface area is 136 Å². The molecule has 2 aliphatic rings. The van der Waals surface area contributed by atoms with E-state index in [9.17, 15) is 0 Å². The van der Waals surface area contributed by atoms with Crippen molar-refractivity contribution in [1.29, 1.82) is 0 Å². The lowest BCUT2D eigenvalue weighted by molar-refractivity contribution is 0.115. The van der Waals surface area contributed by atoms with E-state index in [1.165, 1.54) is 18.5 Å². The zero-order valence-corrected chi connectivity index (χ0v) is 13.6. The van der Waals surface area contributed by atoms with Crippen LogP contribution in [0.3, 0.4) is 0 Å². The molecule has 0 bridgehead atoms. The molecule has 0 aromatic carbocycles. The average Bonchev–Trinajstić information content (AvgIpc) is 3.30. The van der Waals surface area contributed by atoms with Gasteiger partial charge in [-0.1, -0.05) is 0 Å². The Morgan fingerprint density at radius 2 is 2.04 bits per heavy atom. The van der Waals surface area contributed by atoms with Crippen molar-refractivity contribution in [2.75, 3.05) is 13.2 Å². The minimum Gasteiger partial charge on any atom is -0.462 e. The predicted octanol–water partition coefficient (Wildman–Crippen LogP) is 2.04. The van der Waals surface area contributed by atoms with Gasteiger partial charge in [-0.25, -0.2) is 9.97 Å². The molecule has 6 nitrogen and oxygen atoms in total. The van der Waals surface area contributed by atoms with Crippen molar-refractivity contribution in [3.8, 4) is 6.01 Å². The minimum atomic E-state index is 0.391. The molecule has 1 saturated carbocycles. The molecule has 1 atom stereocenters. The summed E-state index contributed by atoms with van der Waals surface area (Å²) in [6.07, 6.45) is 9.28. The van der Waals surface area contributed by atoms with Gasteiger partial charge in [0.2, 0.25) is 0 Å². The first-order chi connectivity index (χ1) is 11.3. The van der Waals surface area contributed by atoms with Crippen molar-refractivity contribution in [2.45, 2.75) is 45.3 Å². The Hall–Kier alpha value is -1.95. The van der Waals surface area contributed by atoms with Crippen molar-refractivity contribution >= 4 is 0 Å². The predicted molar refractivity (Wildman–Crippen MR) is 86.0 cm³/mol. The van der Waals surface area contributed by atoms with Crippen LogP contribution in [-0.2, 0) is 13.1 Å². The largest absolute Gasteiger partial charge is 0.462 e. The lowest BCUT2D eigenvalue weighted by atomic mass is 10.1. The monoisotopic (exact) mass is 313 g/mol. The normalized spacial score (nSPS) is 21.7. The summed E-state index contributed by atoms with van der Waals surface area (Å²) < 4.78 is 8.00. The molecule has 0 amide bonds. The van der Waals surface area contributed by atoms with Crippen molar-refractivity contribution in [1.82, 2.24) is 24.6 Å². The van der Waals surface area contributed by atoms with Crippen LogP contribution >= 0.6 is 0 Å². The third-order valence-electron chi connectivity index (χ3n) is 4.71. The van der Waals surface area contributed by atoms with Gasteiger partial charge in [-0.3, -0.25) is 9.58 Å². The minimum absolute atomic E-state index is 0.391. The van der Waals surface area contributed by atoms with Gasteiger partial charge in [-0.15, -0.1) is 0 Å². The number of aromatic nitrogens is 4. The van der Waals surface area contributed by atoms with Crippen LogP contribution in [0.4, 0.5) is 0 Å². The lowest BCUT2D eigenvalue weighted by Crippen LogP contribution is -2.39. The first-order valence-electron chi connectivity index (χ1n) is 8.44. The van der Waals surface area contributed by atoms with Gasteiger partial charge in [0, 0.05) is 44.3 Å². The van der Waals surface area contributed by atoms with Crippen LogP contribution in [-0.4, -0.2) is 43.8 Å². The van der Waals surface area contributed by atoms with Gasteiger partial charge in [-0.05, 0) is 43.7 Å². The van der Waals surface area contributed by atoms with Crippen molar-refractivity contribution < 1.29 is 4.74 Å². The lowest BCUT2D eigenvalue weighted by Gasteiger charge is -2.29. The maximum absolute atomic E-state index is 5.87. The zero-order valence-electron chi connectivity index (χ0n) is 13.6. The number of ether oxygens (including phenoxy) is 1. The fourth-order valence-electron chi connectivity index (χ4n) is 3.15. The molecule has 1 fully saturated rings. The van der Waals surface area contributed by atoms with Crippen LogP contribution in [0.2, 0.25) is 0 Å². The molecule has 3 heterocycles. The van der Waals surface area contributed by atoms with Gasteiger partial charge in [0.15, 0.2) is 0 Å². The molecule has 23 heavy (non-hydrogen) atoms. The van der Waals surface area contributed by atoms with Crippen LogP contribution in [0.1, 0.15) is 30.5 Å². The molecule has 1 aliphatic carbocycles. The van der Waals surface area contributed by atoms with Gasteiger partial charge >= 0.3 is 6.01 Å². The zero-order chi connectivity index (χ0) is 15.6. The molecular formula is C17H23N5O. The molecule has 4 rings (SSSR count). The van der Waals surface area contributed by atoms with E-state index < -0.39 is 0 Å². The fourth-order valence-corrected chi connectivity index (χ4v) is 3.15. The molecule has 0 saturated heterocycles.